The average Bonchev–Trinajstić information content (AvgIpc) is 2.49. The zero-order valence-corrected chi connectivity index (χ0v) is 12.6. The van der Waals surface area contributed by atoms with E-state index in [9.17, 15) is 18.0 Å². The Morgan fingerprint density at radius 2 is 1.57 bits per heavy atom. The summed E-state index contributed by atoms with van der Waals surface area (Å²) in [5, 5.41) is 2.81. The zero-order valence-electron chi connectivity index (χ0n) is 12.6. The minimum absolute atomic E-state index is 0.0660. The Bertz CT molecular complexity index is 574. The van der Waals surface area contributed by atoms with Crippen LogP contribution in [-0.2, 0) is 4.79 Å². The van der Waals surface area contributed by atoms with Gasteiger partial charge < -0.3 is 15.8 Å². The molecule has 1 amide bonds. The molecule has 1 aromatic rings. The van der Waals surface area contributed by atoms with E-state index in [1.807, 2.05) is 0 Å². The van der Waals surface area contributed by atoms with E-state index in [2.05, 4.69) is 10.1 Å². The van der Waals surface area contributed by atoms with Crippen LogP contribution in [0.3, 0.4) is 0 Å². The van der Waals surface area contributed by atoms with Gasteiger partial charge in [0.05, 0.1) is 0 Å². The minimum Gasteiger partial charge on any atom is -0.406 e. The zero-order chi connectivity index (χ0) is 16.7. The summed E-state index contributed by atoms with van der Waals surface area (Å²) in [6.45, 7) is 0. The van der Waals surface area contributed by atoms with Crippen LogP contribution in [0.1, 0.15) is 38.5 Å². The van der Waals surface area contributed by atoms with Crippen molar-refractivity contribution in [3.63, 3.8) is 0 Å². The number of ether oxygens (including phenoxy) is 1. The van der Waals surface area contributed by atoms with Gasteiger partial charge >= 0.3 is 6.36 Å². The van der Waals surface area contributed by atoms with Gasteiger partial charge in [0.1, 0.15) is 5.75 Å². The third-order valence-electron chi connectivity index (χ3n) is 5.13. The molecule has 2 bridgehead atoms. The maximum atomic E-state index is 12.6. The molecular weight excluding hydrogens is 309 g/mol. The van der Waals surface area contributed by atoms with Gasteiger partial charge in [0.25, 0.3) is 0 Å². The molecule has 3 aliphatic rings. The molecule has 23 heavy (non-hydrogen) atoms. The topological polar surface area (TPSA) is 64.4 Å². The lowest BCUT2D eigenvalue weighted by Gasteiger charge is -2.50. The molecule has 0 aromatic heterocycles. The van der Waals surface area contributed by atoms with Gasteiger partial charge in [-0.25, -0.2) is 0 Å². The van der Waals surface area contributed by atoms with Crippen molar-refractivity contribution in [1.82, 2.24) is 0 Å². The molecule has 0 radical (unpaired) electrons. The molecule has 0 aliphatic heterocycles. The molecule has 3 fully saturated rings. The van der Waals surface area contributed by atoms with Gasteiger partial charge in [0, 0.05) is 16.6 Å². The van der Waals surface area contributed by atoms with Gasteiger partial charge in [-0.2, -0.15) is 0 Å². The van der Waals surface area contributed by atoms with Crippen molar-refractivity contribution in [3.05, 3.63) is 24.3 Å². The van der Waals surface area contributed by atoms with Crippen LogP contribution in [0.25, 0.3) is 0 Å². The Labute approximate surface area is 132 Å². The number of alkyl halides is 3. The van der Waals surface area contributed by atoms with Crippen LogP contribution in [0.2, 0.25) is 0 Å². The quantitative estimate of drug-likeness (QED) is 0.891. The highest BCUT2D eigenvalue weighted by Crippen LogP contribution is 2.51. The van der Waals surface area contributed by atoms with Crippen LogP contribution in [0, 0.1) is 5.41 Å². The van der Waals surface area contributed by atoms with E-state index in [0.717, 1.165) is 38.5 Å². The van der Waals surface area contributed by atoms with Crippen LogP contribution >= 0.6 is 0 Å². The van der Waals surface area contributed by atoms with Crippen molar-refractivity contribution in [2.24, 2.45) is 11.1 Å². The first-order valence-electron chi connectivity index (χ1n) is 7.66. The summed E-state index contributed by atoms with van der Waals surface area (Å²) in [5.41, 5.74) is 6.21. The third-order valence-corrected chi connectivity index (χ3v) is 5.13. The van der Waals surface area contributed by atoms with Crippen LogP contribution in [0.5, 0.6) is 5.75 Å². The van der Waals surface area contributed by atoms with Crippen LogP contribution in [-0.4, -0.2) is 17.8 Å². The molecule has 4 rings (SSSR count). The van der Waals surface area contributed by atoms with Crippen molar-refractivity contribution in [1.29, 1.82) is 0 Å². The molecule has 1 aromatic carbocycles. The van der Waals surface area contributed by atoms with Gasteiger partial charge in [-0.1, -0.05) is 0 Å². The number of nitrogens with two attached hydrogens (primary N) is 1. The molecule has 4 nitrogen and oxygen atoms in total. The number of rotatable bonds is 3. The summed E-state index contributed by atoms with van der Waals surface area (Å²) < 4.78 is 40.2. The third kappa shape index (κ3) is 3.44. The van der Waals surface area contributed by atoms with Crippen molar-refractivity contribution in [3.8, 4) is 5.75 Å². The summed E-state index contributed by atoms with van der Waals surface area (Å²) in [7, 11) is 0. The second-order valence-electron chi connectivity index (χ2n) is 6.67. The lowest BCUT2D eigenvalue weighted by molar-refractivity contribution is -0.274. The second kappa shape index (κ2) is 5.40. The van der Waals surface area contributed by atoms with Crippen LogP contribution in [0.15, 0.2) is 24.3 Å². The van der Waals surface area contributed by atoms with Gasteiger partial charge in [-0.05, 0) is 62.8 Å². The summed E-state index contributed by atoms with van der Waals surface area (Å²) in [5.74, 6) is -0.374. The van der Waals surface area contributed by atoms with Gasteiger partial charge in [0.15, 0.2) is 0 Å². The first-order valence-corrected chi connectivity index (χ1v) is 7.66. The minimum atomic E-state index is -4.72. The fraction of sp³-hybridized carbons (Fsp3) is 0.562. The number of hydrogen-bond donors (Lipinski definition) is 2. The SMILES string of the molecule is NC12CCC(C(=O)Nc3ccc(OC(F)(F)F)cc3)(CC1)CC2. The van der Waals surface area contributed by atoms with Crippen LogP contribution < -0.4 is 15.8 Å². The van der Waals surface area contributed by atoms with Gasteiger partial charge in [-0.3, -0.25) is 4.79 Å². The van der Waals surface area contributed by atoms with Crippen molar-refractivity contribution in [2.45, 2.75) is 50.4 Å². The molecule has 0 spiro atoms. The number of halogens is 3. The Balaban J connectivity index is 1.64. The molecule has 0 atom stereocenters. The molecule has 0 heterocycles. The van der Waals surface area contributed by atoms with E-state index < -0.39 is 6.36 Å². The molecule has 3 saturated carbocycles. The predicted octanol–water partition coefficient (Wildman–Crippen LogP) is 3.58. The number of benzene rings is 1. The second-order valence-corrected chi connectivity index (χ2v) is 6.67. The van der Waals surface area contributed by atoms with Crippen LogP contribution in [0.4, 0.5) is 18.9 Å². The van der Waals surface area contributed by atoms with Crippen molar-refractivity contribution in [2.75, 3.05) is 5.32 Å². The summed E-state index contributed by atoms with van der Waals surface area (Å²) in [6, 6.07) is 5.20. The number of nitrogens with one attached hydrogen (secondary N) is 1. The lowest BCUT2D eigenvalue weighted by atomic mass is 9.57. The molecule has 126 valence electrons. The molecule has 7 heteroatoms. The van der Waals surface area contributed by atoms with Gasteiger partial charge in [0.2, 0.25) is 5.91 Å². The van der Waals surface area contributed by atoms with E-state index in [0.29, 0.717) is 5.69 Å². The standard InChI is InChI=1S/C16H19F3N2O2/c17-16(18,19)23-12-3-1-11(2-4-12)21-13(22)14-5-8-15(20,9-6-14)10-7-14/h1-4H,5-10,20H2,(H,21,22). The molecule has 0 saturated heterocycles. The number of carbonyl (C=O) groups excluding carboxylic acids is 1. The van der Waals surface area contributed by atoms with E-state index in [1.165, 1.54) is 24.3 Å². The maximum Gasteiger partial charge on any atom is 0.573 e. The molecular formula is C16H19F3N2O2. The summed E-state index contributed by atoms with van der Waals surface area (Å²) in [6.07, 6.45) is 0.124. The largest absolute Gasteiger partial charge is 0.573 e. The van der Waals surface area contributed by atoms with E-state index >= 15 is 0 Å². The Morgan fingerprint density at radius 1 is 1.04 bits per heavy atom. The monoisotopic (exact) mass is 328 g/mol. The number of amides is 1. The predicted molar refractivity (Wildman–Crippen MR) is 78.8 cm³/mol. The van der Waals surface area contributed by atoms with Gasteiger partial charge in [-0.15, -0.1) is 13.2 Å². The molecule has 3 aliphatic carbocycles. The maximum absolute atomic E-state index is 12.6. The highest BCUT2D eigenvalue weighted by Gasteiger charge is 2.50. The first kappa shape index (κ1) is 16.1. The molecule has 3 N–H and O–H groups in total. The highest BCUT2D eigenvalue weighted by molar-refractivity contribution is 5.95. The fourth-order valence-corrected chi connectivity index (χ4v) is 3.56. The fourth-order valence-electron chi connectivity index (χ4n) is 3.56. The number of fused-ring (bicyclic) bond motifs is 3. The highest BCUT2D eigenvalue weighted by atomic mass is 19.4. The smallest absolute Gasteiger partial charge is 0.406 e. The number of anilines is 1. The normalized spacial score (nSPS) is 30.1. The number of carbonyl (C=O) groups is 1. The van der Waals surface area contributed by atoms with E-state index in [4.69, 9.17) is 5.73 Å². The van der Waals surface area contributed by atoms with E-state index in [1.54, 1.807) is 0 Å². The Kier molecular flexibility index (Phi) is 3.78. The summed E-state index contributed by atoms with van der Waals surface area (Å²) >= 11 is 0. The van der Waals surface area contributed by atoms with Crippen molar-refractivity contribution >= 4 is 11.6 Å². The Morgan fingerprint density at radius 3 is 2.04 bits per heavy atom. The first-order chi connectivity index (χ1) is 10.7. The Hall–Kier alpha value is -1.76. The van der Waals surface area contributed by atoms with Crippen molar-refractivity contribution < 1.29 is 22.7 Å². The van der Waals surface area contributed by atoms with E-state index in [-0.39, 0.29) is 22.6 Å². The summed E-state index contributed by atoms with van der Waals surface area (Å²) in [4.78, 5) is 12.6. The average molecular weight is 328 g/mol. The lowest BCUT2D eigenvalue weighted by Crippen LogP contribution is -2.55. The molecule has 0 unspecified atom stereocenters. The number of hydrogen-bond acceptors (Lipinski definition) is 3.